The summed E-state index contributed by atoms with van der Waals surface area (Å²) < 4.78 is 1.84. The number of hydrogen-bond acceptors (Lipinski definition) is 3. The Morgan fingerprint density at radius 3 is 2.60 bits per heavy atom. The van der Waals surface area contributed by atoms with Gasteiger partial charge in [-0.25, -0.2) is 4.98 Å². The lowest BCUT2D eigenvalue weighted by Crippen LogP contribution is -2.24. The average Bonchev–Trinajstić information content (AvgIpc) is 3.35. The van der Waals surface area contributed by atoms with Gasteiger partial charge in [-0.05, 0) is 35.9 Å². The van der Waals surface area contributed by atoms with E-state index in [0.717, 1.165) is 27.5 Å². The number of amides is 1. The molecule has 5 rings (SSSR count). The molecule has 2 N–H and O–H groups in total. The first kappa shape index (κ1) is 18.4. The number of aromatic nitrogens is 4. The second-order valence-electron chi connectivity index (χ2n) is 7.03. The molecule has 0 aliphatic rings. The topological polar surface area (TPSA) is 75.6 Å². The van der Waals surface area contributed by atoms with Crippen molar-refractivity contribution in [3.8, 4) is 0 Å². The van der Waals surface area contributed by atoms with Crippen molar-refractivity contribution < 1.29 is 4.79 Å². The number of carbonyl (C=O) groups excluding carboxylic acids is 1. The Labute approximate surface area is 177 Å². The van der Waals surface area contributed by atoms with Gasteiger partial charge in [-0.2, -0.15) is 5.10 Å². The highest BCUT2D eigenvalue weighted by Gasteiger charge is 2.17. The van der Waals surface area contributed by atoms with Gasteiger partial charge >= 0.3 is 0 Å². The second-order valence-corrected chi connectivity index (χ2v) is 7.47. The summed E-state index contributed by atoms with van der Waals surface area (Å²) in [5.41, 5.74) is 4.18. The summed E-state index contributed by atoms with van der Waals surface area (Å²) >= 11 is 5.98. The quantitative estimate of drug-likeness (QED) is 0.442. The van der Waals surface area contributed by atoms with Gasteiger partial charge in [0.05, 0.1) is 29.6 Å². The van der Waals surface area contributed by atoms with Crippen LogP contribution in [0.3, 0.4) is 0 Å². The molecule has 1 amide bonds. The number of fused-ring (bicyclic) bond motifs is 2. The maximum absolute atomic E-state index is 12.9. The average molecular weight is 416 g/mol. The van der Waals surface area contributed by atoms with Crippen molar-refractivity contribution in [2.45, 2.75) is 13.1 Å². The third-order valence-electron chi connectivity index (χ3n) is 4.97. The zero-order valence-electron chi connectivity index (χ0n) is 16.0. The standard InChI is InChI=1S/C23H18ClN5O/c24-16-11-9-15(10-12-16)14-29-20-8-4-1-5-17(20)22(28-29)23(30)25-13-21-26-18-6-2-3-7-19(18)27-21/h1-12H,13-14H2,(H,25,30)(H,26,27). The van der Waals surface area contributed by atoms with Gasteiger partial charge in [0.25, 0.3) is 5.91 Å². The zero-order chi connectivity index (χ0) is 20.5. The highest BCUT2D eigenvalue weighted by Crippen LogP contribution is 2.20. The second kappa shape index (κ2) is 7.65. The first-order valence-electron chi connectivity index (χ1n) is 9.59. The van der Waals surface area contributed by atoms with Crippen molar-refractivity contribution in [2.75, 3.05) is 0 Å². The Kier molecular flexibility index (Phi) is 4.69. The summed E-state index contributed by atoms with van der Waals surface area (Å²) in [5, 5.41) is 9.03. The van der Waals surface area contributed by atoms with Gasteiger partial charge < -0.3 is 10.3 Å². The molecule has 2 aromatic heterocycles. The molecule has 7 heteroatoms. The molecular weight excluding hydrogens is 398 g/mol. The molecule has 0 aliphatic heterocycles. The number of aromatic amines is 1. The van der Waals surface area contributed by atoms with E-state index < -0.39 is 0 Å². The summed E-state index contributed by atoms with van der Waals surface area (Å²) in [6.07, 6.45) is 0. The van der Waals surface area contributed by atoms with Crippen LogP contribution in [0.4, 0.5) is 0 Å². The Hall–Kier alpha value is -3.64. The molecule has 0 unspecified atom stereocenters. The van der Waals surface area contributed by atoms with Crippen LogP contribution in [0.2, 0.25) is 5.02 Å². The molecular formula is C23H18ClN5O. The highest BCUT2D eigenvalue weighted by atomic mass is 35.5. The van der Waals surface area contributed by atoms with Crippen LogP contribution in [0.15, 0.2) is 72.8 Å². The summed E-state index contributed by atoms with van der Waals surface area (Å²) in [5.74, 6) is 0.468. The minimum atomic E-state index is -0.235. The van der Waals surface area contributed by atoms with Crippen molar-refractivity contribution in [1.29, 1.82) is 0 Å². The number of para-hydroxylation sites is 3. The van der Waals surface area contributed by atoms with E-state index in [1.165, 1.54) is 0 Å². The molecule has 0 spiro atoms. The SMILES string of the molecule is O=C(NCc1nc2ccccc2[nH]1)c1nn(Cc2ccc(Cl)cc2)c2ccccc12. The van der Waals surface area contributed by atoms with Crippen LogP contribution in [0.5, 0.6) is 0 Å². The van der Waals surface area contributed by atoms with E-state index in [-0.39, 0.29) is 5.91 Å². The van der Waals surface area contributed by atoms with Crippen molar-refractivity contribution >= 4 is 39.4 Å². The van der Waals surface area contributed by atoms with Gasteiger partial charge in [-0.15, -0.1) is 0 Å². The maximum atomic E-state index is 12.9. The summed E-state index contributed by atoms with van der Waals surface area (Å²) in [6.45, 7) is 0.848. The predicted molar refractivity (Wildman–Crippen MR) is 118 cm³/mol. The van der Waals surface area contributed by atoms with Crippen LogP contribution < -0.4 is 5.32 Å². The Bertz CT molecular complexity index is 1320. The monoisotopic (exact) mass is 415 g/mol. The number of nitrogens with zero attached hydrogens (tertiary/aromatic N) is 3. The van der Waals surface area contributed by atoms with Gasteiger partial charge in [0.1, 0.15) is 5.82 Å². The molecule has 148 valence electrons. The van der Waals surface area contributed by atoms with Crippen molar-refractivity contribution in [2.24, 2.45) is 0 Å². The molecule has 30 heavy (non-hydrogen) atoms. The molecule has 0 aliphatic carbocycles. The van der Waals surface area contributed by atoms with Gasteiger partial charge in [-0.1, -0.05) is 54.1 Å². The van der Waals surface area contributed by atoms with E-state index in [4.69, 9.17) is 11.6 Å². The lowest BCUT2D eigenvalue weighted by atomic mass is 10.2. The highest BCUT2D eigenvalue weighted by molar-refractivity contribution is 6.30. The molecule has 0 fully saturated rings. The summed E-state index contributed by atoms with van der Waals surface area (Å²) in [4.78, 5) is 20.6. The Morgan fingerprint density at radius 1 is 1.00 bits per heavy atom. The smallest absolute Gasteiger partial charge is 0.272 e. The van der Waals surface area contributed by atoms with E-state index in [1.807, 2.05) is 77.5 Å². The van der Waals surface area contributed by atoms with E-state index in [1.54, 1.807) is 0 Å². The minimum Gasteiger partial charge on any atom is -0.343 e. The molecule has 5 aromatic rings. The number of H-pyrrole nitrogens is 1. The van der Waals surface area contributed by atoms with Crippen LogP contribution in [-0.4, -0.2) is 25.7 Å². The molecule has 6 nitrogen and oxygen atoms in total. The molecule has 2 heterocycles. The Balaban J connectivity index is 1.40. The van der Waals surface area contributed by atoms with Gasteiger partial charge in [0.2, 0.25) is 0 Å². The normalized spacial score (nSPS) is 11.2. The third-order valence-corrected chi connectivity index (χ3v) is 5.23. The third kappa shape index (κ3) is 3.53. The molecule has 0 radical (unpaired) electrons. The van der Waals surface area contributed by atoms with Crippen LogP contribution in [0, 0.1) is 0 Å². The number of halogens is 1. The first-order chi connectivity index (χ1) is 14.7. The van der Waals surface area contributed by atoms with Gasteiger partial charge in [0, 0.05) is 10.4 Å². The van der Waals surface area contributed by atoms with Crippen molar-refractivity contribution in [1.82, 2.24) is 25.1 Å². The lowest BCUT2D eigenvalue weighted by Gasteiger charge is -2.04. The fourth-order valence-electron chi connectivity index (χ4n) is 3.52. The minimum absolute atomic E-state index is 0.235. The lowest BCUT2D eigenvalue weighted by molar-refractivity contribution is 0.0945. The van der Waals surface area contributed by atoms with Crippen LogP contribution >= 0.6 is 11.6 Å². The van der Waals surface area contributed by atoms with E-state index >= 15 is 0 Å². The molecule has 0 saturated carbocycles. The van der Waals surface area contributed by atoms with Crippen LogP contribution in [-0.2, 0) is 13.1 Å². The summed E-state index contributed by atoms with van der Waals surface area (Å²) in [6, 6.07) is 23.1. The largest absolute Gasteiger partial charge is 0.343 e. The fourth-order valence-corrected chi connectivity index (χ4v) is 3.64. The molecule has 0 bridgehead atoms. The maximum Gasteiger partial charge on any atom is 0.272 e. The van der Waals surface area contributed by atoms with Crippen molar-refractivity contribution in [3.63, 3.8) is 0 Å². The fraction of sp³-hybridized carbons (Fsp3) is 0.0870. The van der Waals surface area contributed by atoms with E-state index in [2.05, 4.69) is 20.4 Å². The number of imidazole rings is 1. The molecule has 0 atom stereocenters. The zero-order valence-corrected chi connectivity index (χ0v) is 16.7. The summed E-state index contributed by atoms with van der Waals surface area (Å²) in [7, 11) is 0. The number of carbonyl (C=O) groups is 1. The van der Waals surface area contributed by atoms with Gasteiger partial charge in [-0.3, -0.25) is 9.48 Å². The number of rotatable bonds is 5. The number of nitrogens with one attached hydrogen (secondary N) is 2. The van der Waals surface area contributed by atoms with E-state index in [9.17, 15) is 4.79 Å². The van der Waals surface area contributed by atoms with Gasteiger partial charge in [0.15, 0.2) is 5.69 Å². The van der Waals surface area contributed by atoms with Crippen molar-refractivity contribution in [3.05, 3.63) is 94.9 Å². The molecule has 3 aromatic carbocycles. The number of hydrogen-bond donors (Lipinski definition) is 2. The Morgan fingerprint density at radius 2 is 1.77 bits per heavy atom. The predicted octanol–water partition coefficient (Wildman–Crippen LogP) is 4.54. The van der Waals surface area contributed by atoms with Crippen LogP contribution in [0.1, 0.15) is 21.9 Å². The first-order valence-corrected chi connectivity index (χ1v) is 9.97. The van der Waals surface area contributed by atoms with E-state index in [0.29, 0.717) is 29.6 Å². The number of benzene rings is 3. The van der Waals surface area contributed by atoms with Crippen LogP contribution in [0.25, 0.3) is 21.9 Å². The molecule has 0 saturated heterocycles.